The molecule has 0 aromatic rings. The first-order valence-electron chi connectivity index (χ1n) is 9.43. The summed E-state index contributed by atoms with van der Waals surface area (Å²) < 4.78 is 36.4. The summed E-state index contributed by atoms with van der Waals surface area (Å²) in [5, 5.41) is 18.2. The van der Waals surface area contributed by atoms with Crippen molar-refractivity contribution in [1.82, 2.24) is 14.7 Å². The van der Waals surface area contributed by atoms with Gasteiger partial charge in [0.2, 0.25) is 22.1 Å². The van der Waals surface area contributed by atoms with Crippen molar-refractivity contribution in [2.45, 2.75) is 6.42 Å². The van der Waals surface area contributed by atoms with Gasteiger partial charge in [-0.3, -0.25) is 34.1 Å². The highest BCUT2D eigenvalue weighted by atomic mass is 31.2. The predicted molar refractivity (Wildman–Crippen MR) is 110 cm³/mol. The second kappa shape index (κ2) is 12.3. The fourth-order valence-electron chi connectivity index (χ4n) is 3.01. The lowest BCUT2D eigenvalue weighted by molar-refractivity contribution is -0.305. The lowest BCUT2D eigenvalue weighted by atomic mass is 10.5. The van der Waals surface area contributed by atoms with E-state index in [0.29, 0.717) is 13.1 Å². The smallest absolute Gasteiger partial charge is 0.309 e. The Morgan fingerprint density at radius 2 is 1.00 bits per heavy atom. The van der Waals surface area contributed by atoms with Crippen LogP contribution in [0.2, 0.25) is 0 Å². The Labute approximate surface area is 175 Å². The number of hydrogen-bond acceptors (Lipinski definition) is 9. The third-order valence-corrected chi connectivity index (χ3v) is 8.97. The van der Waals surface area contributed by atoms with Gasteiger partial charge in [-0.25, -0.2) is 4.79 Å². The summed E-state index contributed by atoms with van der Waals surface area (Å²) in [5.41, 5.74) is 3.19. The van der Waals surface area contributed by atoms with Gasteiger partial charge in [-0.2, -0.15) is 0 Å². The predicted octanol–water partition coefficient (Wildman–Crippen LogP) is -2.35. The van der Waals surface area contributed by atoms with Gasteiger partial charge in [0.15, 0.2) is 0 Å². The molecule has 178 valence electrons. The number of nitrogens with zero attached hydrogens (tertiary/aromatic N) is 3. The van der Waals surface area contributed by atoms with Crippen LogP contribution in [0.15, 0.2) is 0 Å². The van der Waals surface area contributed by atoms with Crippen LogP contribution in [0.4, 0.5) is 0 Å². The van der Waals surface area contributed by atoms with Gasteiger partial charge in [0.05, 0.1) is 25.3 Å². The van der Waals surface area contributed by atoms with E-state index in [1.807, 2.05) is 0 Å². The minimum atomic E-state index is -3.79. The molecule has 1 saturated heterocycles. The fourth-order valence-corrected chi connectivity index (χ4v) is 6.65. The van der Waals surface area contributed by atoms with Crippen molar-refractivity contribution >= 4 is 28.0 Å². The minimum Gasteiger partial charge on any atom is -0.386 e. The number of amides is 1. The molecule has 1 amide bonds. The van der Waals surface area contributed by atoms with Gasteiger partial charge in [0, 0.05) is 45.4 Å². The molecule has 1 heterocycles. The quantitative estimate of drug-likeness (QED) is 0.167. The first-order chi connectivity index (χ1) is 13.8. The number of rotatable bonds is 11. The molecular formula is C14H34N4O9P3+. The molecule has 0 bridgehead atoms. The molecule has 3 unspecified atom stereocenters. The molecule has 0 aromatic heterocycles. The second-order valence-electron chi connectivity index (χ2n) is 7.61. The largest absolute Gasteiger partial charge is 0.386 e. The van der Waals surface area contributed by atoms with Crippen LogP contribution in [-0.2, 0) is 18.5 Å². The molecule has 0 aromatic carbocycles. The third-order valence-electron chi connectivity index (χ3n) is 4.64. The van der Waals surface area contributed by atoms with Crippen LogP contribution < -0.4 is 5.73 Å². The molecule has 0 spiro atoms. The van der Waals surface area contributed by atoms with E-state index in [-0.39, 0.29) is 57.6 Å². The summed E-state index contributed by atoms with van der Waals surface area (Å²) in [5.74, 6) is -0.434. The lowest BCUT2D eigenvalue weighted by Crippen LogP contribution is -2.57. The third kappa shape index (κ3) is 11.6. The van der Waals surface area contributed by atoms with E-state index < -0.39 is 40.7 Å². The molecule has 8 N–H and O–H groups in total. The molecule has 0 aliphatic carbocycles. The number of hydrogen-bond donors (Lipinski definition) is 6. The van der Waals surface area contributed by atoms with Crippen molar-refractivity contribution < 1.29 is 49.1 Å². The van der Waals surface area contributed by atoms with Gasteiger partial charge in [0.1, 0.15) is 12.7 Å². The normalized spacial score (nSPS) is 24.1. The molecule has 0 radical (unpaired) electrons. The highest BCUT2D eigenvalue weighted by molar-refractivity contribution is 7.58. The van der Waals surface area contributed by atoms with Gasteiger partial charge in [0.25, 0.3) is 0 Å². The SMILES string of the molecule is [NH3+]C(=O)CCP(=O)(O)CN1CCN(CP(=O)(O)CO)CCN(CP(=O)(O)CO)CC1. The number of carbonyl (C=O) groups excluding carboxylic acids is 1. The van der Waals surface area contributed by atoms with Crippen molar-refractivity contribution in [3.05, 3.63) is 0 Å². The Kier molecular flexibility index (Phi) is 11.5. The number of aliphatic hydroxyl groups is 2. The van der Waals surface area contributed by atoms with Crippen molar-refractivity contribution in [2.24, 2.45) is 0 Å². The van der Waals surface area contributed by atoms with E-state index in [1.165, 1.54) is 0 Å². The van der Waals surface area contributed by atoms with Crippen molar-refractivity contribution in [1.29, 1.82) is 0 Å². The summed E-state index contributed by atoms with van der Waals surface area (Å²) in [6.07, 6.45) is -2.84. The van der Waals surface area contributed by atoms with Gasteiger partial charge in [-0.05, 0) is 0 Å². The molecule has 16 heteroatoms. The van der Waals surface area contributed by atoms with E-state index >= 15 is 0 Å². The number of carbonyl (C=O) groups is 1. The summed E-state index contributed by atoms with van der Waals surface area (Å²) in [7, 11) is -11.2. The van der Waals surface area contributed by atoms with Crippen LogP contribution >= 0.6 is 22.1 Å². The average molecular weight is 495 g/mol. The van der Waals surface area contributed by atoms with Crippen molar-refractivity contribution in [2.75, 3.05) is 77.0 Å². The Morgan fingerprint density at radius 3 is 1.27 bits per heavy atom. The highest BCUT2D eigenvalue weighted by Gasteiger charge is 2.29. The summed E-state index contributed by atoms with van der Waals surface area (Å²) in [4.78, 5) is 45.7. The Morgan fingerprint density at radius 1 is 0.700 bits per heavy atom. The van der Waals surface area contributed by atoms with E-state index in [2.05, 4.69) is 5.73 Å². The zero-order chi connectivity index (χ0) is 23.0. The summed E-state index contributed by atoms with van der Waals surface area (Å²) >= 11 is 0. The Balaban J connectivity index is 2.93. The molecule has 1 fully saturated rings. The van der Waals surface area contributed by atoms with Crippen LogP contribution in [0.1, 0.15) is 6.42 Å². The molecule has 30 heavy (non-hydrogen) atoms. The van der Waals surface area contributed by atoms with E-state index in [9.17, 15) is 33.2 Å². The molecule has 1 aliphatic rings. The maximum Gasteiger partial charge on any atom is 0.309 e. The zero-order valence-electron chi connectivity index (χ0n) is 17.0. The molecular weight excluding hydrogens is 461 g/mol. The van der Waals surface area contributed by atoms with E-state index in [1.54, 1.807) is 14.7 Å². The standard InChI is InChI=1S/C14H33N4O9P3/c15-14(21)1-8-28(22,23)9-16-2-4-17(10-29(24,25)12-19)6-7-18(5-3-16)11-30(26,27)13-20/h19-20H,1-13H2,(H2,15,21)(H,22,23)(H,24,25)(H,26,27)/p+1. The van der Waals surface area contributed by atoms with E-state index in [0.717, 1.165) is 0 Å². The topological polar surface area (TPSA) is 207 Å². The molecule has 13 nitrogen and oxygen atoms in total. The number of quaternary nitrogens is 1. The zero-order valence-corrected chi connectivity index (χ0v) is 19.6. The highest BCUT2D eigenvalue weighted by Crippen LogP contribution is 2.43. The average Bonchev–Trinajstić information content (AvgIpc) is 2.72. The van der Waals surface area contributed by atoms with Crippen LogP contribution in [0, 0.1) is 0 Å². The number of aliphatic hydroxyl groups excluding tert-OH is 2. The maximum absolute atomic E-state index is 12.5. The molecule has 3 atom stereocenters. The van der Waals surface area contributed by atoms with Crippen LogP contribution in [-0.4, -0.2) is 122 Å². The molecule has 0 saturated carbocycles. The van der Waals surface area contributed by atoms with Crippen molar-refractivity contribution in [3.8, 4) is 0 Å². The second-order valence-corrected chi connectivity index (χ2v) is 14.6. The Hall–Kier alpha value is -0.0000000000000000971. The monoisotopic (exact) mass is 495 g/mol. The van der Waals surface area contributed by atoms with E-state index in [4.69, 9.17) is 10.2 Å². The maximum atomic E-state index is 12.5. The van der Waals surface area contributed by atoms with Gasteiger partial charge < -0.3 is 24.9 Å². The van der Waals surface area contributed by atoms with Gasteiger partial charge >= 0.3 is 5.91 Å². The minimum absolute atomic E-state index is 0.117. The summed E-state index contributed by atoms with van der Waals surface area (Å²) in [6, 6.07) is 0. The first kappa shape index (κ1) is 28.0. The van der Waals surface area contributed by atoms with Gasteiger partial charge in [-0.15, -0.1) is 0 Å². The first-order valence-corrected chi connectivity index (χ1v) is 15.5. The molecule has 1 aliphatic heterocycles. The van der Waals surface area contributed by atoms with Crippen LogP contribution in [0.25, 0.3) is 0 Å². The molecule has 1 rings (SSSR count). The van der Waals surface area contributed by atoms with Crippen molar-refractivity contribution in [3.63, 3.8) is 0 Å². The summed E-state index contributed by atoms with van der Waals surface area (Å²) in [6.45, 7) is 1.69. The van der Waals surface area contributed by atoms with Crippen LogP contribution in [0.5, 0.6) is 0 Å². The Bertz CT molecular complexity index is 672. The van der Waals surface area contributed by atoms with Gasteiger partial charge in [-0.1, -0.05) is 0 Å². The van der Waals surface area contributed by atoms with Crippen LogP contribution in [0.3, 0.4) is 0 Å². The lowest BCUT2D eigenvalue weighted by Gasteiger charge is -2.27. The fraction of sp³-hybridized carbons (Fsp3) is 0.929.